The molecular formula is C13H17N5OS. The van der Waals surface area contributed by atoms with Crippen molar-refractivity contribution >= 4 is 23.1 Å². The van der Waals surface area contributed by atoms with Crippen LogP contribution in [0.5, 0.6) is 0 Å². The molecule has 0 aliphatic carbocycles. The predicted octanol–water partition coefficient (Wildman–Crippen LogP) is 1.95. The standard InChI is InChI=1S/C13H17N5OS/c1-4-14-12-6-5-10(16-17-12)13(19)18(3)7-11-9(2)15-8-20-11/h5-6,8H,4,7H2,1-3H3,(H,14,17). The summed E-state index contributed by atoms with van der Waals surface area (Å²) in [7, 11) is 1.75. The van der Waals surface area contributed by atoms with Crippen molar-refractivity contribution in [3.8, 4) is 0 Å². The second-order valence-corrected chi connectivity index (χ2v) is 5.30. The molecule has 0 aromatic carbocycles. The number of hydrogen-bond donors (Lipinski definition) is 1. The van der Waals surface area contributed by atoms with Crippen LogP contribution in [0.4, 0.5) is 5.82 Å². The zero-order valence-electron chi connectivity index (χ0n) is 11.8. The zero-order valence-corrected chi connectivity index (χ0v) is 12.6. The number of carbonyl (C=O) groups is 1. The molecule has 0 spiro atoms. The van der Waals surface area contributed by atoms with E-state index in [1.165, 1.54) is 0 Å². The van der Waals surface area contributed by atoms with Crippen LogP contribution >= 0.6 is 11.3 Å². The SMILES string of the molecule is CCNc1ccc(C(=O)N(C)Cc2scnc2C)nn1. The van der Waals surface area contributed by atoms with Gasteiger partial charge in [-0.15, -0.1) is 21.5 Å². The molecule has 1 amide bonds. The van der Waals surface area contributed by atoms with Gasteiger partial charge in [0.2, 0.25) is 0 Å². The first-order valence-electron chi connectivity index (χ1n) is 6.33. The van der Waals surface area contributed by atoms with E-state index in [1.54, 1.807) is 40.9 Å². The summed E-state index contributed by atoms with van der Waals surface area (Å²) in [4.78, 5) is 19.1. The first-order valence-corrected chi connectivity index (χ1v) is 7.21. The molecule has 2 aromatic heterocycles. The van der Waals surface area contributed by atoms with Gasteiger partial charge < -0.3 is 10.2 Å². The van der Waals surface area contributed by atoms with E-state index in [4.69, 9.17) is 0 Å². The van der Waals surface area contributed by atoms with Crippen LogP contribution in [0, 0.1) is 6.92 Å². The molecular weight excluding hydrogens is 274 g/mol. The minimum Gasteiger partial charge on any atom is -0.369 e. The molecule has 0 radical (unpaired) electrons. The normalized spacial score (nSPS) is 10.3. The Morgan fingerprint density at radius 1 is 1.40 bits per heavy atom. The van der Waals surface area contributed by atoms with E-state index in [-0.39, 0.29) is 5.91 Å². The van der Waals surface area contributed by atoms with Gasteiger partial charge in [-0.1, -0.05) is 0 Å². The average Bonchev–Trinajstić information content (AvgIpc) is 2.85. The molecule has 1 N–H and O–H groups in total. The predicted molar refractivity (Wildman–Crippen MR) is 78.8 cm³/mol. The molecule has 0 bridgehead atoms. The molecule has 0 saturated carbocycles. The van der Waals surface area contributed by atoms with Gasteiger partial charge in [0.15, 0.2) is 5.69 Å². The fourth-order valence-electron chi connectivity index (χ4n) is 1.68. The van der Waals surface area contributed by atoms with Crippen molar-refractivity contribution in [2.45, 2.75) is 20.4 Å². The van der Waals surface area contributed by atoms with E-state index in [2.05, 4.69) is 20.5 Å². The summed E-state index contributed by atoms with van der Waals surface area (Å²) in [5.41, 5.74) is 3.09. The van der Waals surface area contributed by atoms with Crippen molar-refractivity contribution in [3.63, 3.8) is 0 Å². The van der Waals surface area contributed by atoms with Crippen molar-refractivity contribution in [2.24, 2.45) is 0 Å². The summed E-state index contributed by atoms with van der Waals surface area (Å²) in [6.45, 7) is 5.22. The monoisotopic (exact) mass is 291 g/mol. The highest BCUT2D eigenvalue weighted by Gasteiger charge is 2.15. The average molecular weight is 291 g/mol. The first-order chi connectivity index (χ1) is 9.61. The Morgan fingerprint density at radius 3 is 2.75 bits per heavy atom. The van der Waals surface area contributed by atoms with Crippen molar-refractivity contribution in [2.75, 3.05) is 18.9 Å². The number of amides is 1. The molecule has 2 rings (SSSR count). The van der Waals surface area contributed by atoms with E-state index in [9.17, 15) is 4.79 Å². The maximum Gasteiger partial charge on any atom is 0.274 e. The van der Waals surface area contributed by atoms with Crippen LogP contribution in [0.15, 0.2) is 17.6 Å². The van der Waals surface area contributed by atoms with E-state index in [1.807, 2.05) is 13.8 Å². The van der Waals surface area contributed by atoms with Crippen molar-refractivity contribution in [3.05, 3.63) is 33.9 Å². The van der Waals surface area contributed by atoms with Gasteiger partial charge in [-0.3, -0.25) is 4.79 Å². The molecule has 106 valence electrons. The van der Waals surface area contributed by atoms with Crippen molar-refractivity contribution < 1.29 is 4.79 Å². The first kappa shape index (κ1) is 14.4. The third-order valence-electron chi connectivity index (χ3n) is 2.81. The van der Waals surface area contributed by atoms with Gasteiger partial charge in [0.1, 0.15) is 5.82 Å². The summed E-state index contributed by atoms with van der Waals surface area (Å²) in [5.74, 6) is 0.526. The third-order valence-corrected chi connectivity index (χ3v) is 3.73. The molecule has 20 heavy (non-hydrogen) atoms. The molecule has 6 nitrogen and oxygen atoms in total. The highest BCUT2D eigenvalue weighted by Crippen LogP contribution is 2.15. The number of aryl methyl sites for hydroxylation is 1. The Kier molecular flexibility index (Phi) is 4.62. The maximum absolute atomic E-state index is 12.2. The van der Waals surface area contributed by atoms with Crippen LogP contribution in [0.3, 0.4) is 0 Å². The molecule has 0 unspecified atom stereocenters. The van der Waals surface area contributed by atoms with Crippen LogP contribution < -0.4 is 5.32 Å². The number of anilines is 1. The van der Waals surface area contributed by atoms with Gasteiger partial charge in [0.05, 0.1) is 17.7 Å². The summed E-state index contributed by atoms with van der Waals surface area (Å²) < 4.78 is 0. The smallest absolute Gasteiger partial charge is 0.274 e. The Balaban J connectivity index is 2.04. The molecule has 0 fully saturated rings. The second-order valence-electron chi connectivity index (χ2n) is 4.36. The van der Waals surface area contributed by atoms with Gasteiger partial charge in [-0.25, -0.2) is 4.98 Å². The Hall–Kier alpha value is -2.02. The van der Waals surface area contributed by atoms with Crippen LogP contribution in [-0.2, 0) is 6.54 Å². The topological polar surface area (TPSA) is 71.0 Å². The molecule has 2 heterocycles. The molecule has 2 aromatic rings. The lowest BCUT2D eigenvalue weighted by Crippen LogP contribution is -2.27. The maximum atomic E-state index is 12.2. The fourth-order valence-corrected chi connectivity index (χ4v) is 2.51. The van der Waals surface area contributed by atoms with Crippen molar-refractivity contribution in [1.82, 2.24) is 20.1 Å². The lowest BCUT2D eigenvalue weighted by Gasteiger charge is -2.15. The minimum absolute atomic E-state index is 0.145. The quantitative estimate of drug-likeness (QED) is 0.911. The Bertz CT molecular complexity index is 581. The number of nitrogens with zero attached hydrogens (tertiary/aromatic N) is 4. The lowest BCUT2D eigenvalue weighted by molar-refractivity contribution is 0.0779. The second kappa shape index (κ2) is 6.42. The van der Waals surface area contributed by atoms with Gasteiger partial charge in [-0.2, -0.15) is 0 Å². The number of rotatable bonds is 5. The number of thiazole rings is 1. The van der Waals surface area contributed by atoms with E-state index in [0.717, 1.165) is 17.1 Å². The van der Waals surface area contributed by atoms with Gasteiger partial charge >= 0.3 is 0 Å². The minimum atomic E-state index is -0.145. The Labute approximate surface area is 121 Å². The molecule has 0 atom stereocenters. The molecule has 0 saturated heterocycles. The number of hydrogen-bond acceptors (Lipinski definition) is 6. The van der Waals surface area contributed by atoms with Crippen LogP contribution in [0.25, 0.3) is 0 Å². The van der Waals surface area contributed by atoms with Crippen LogP contribution in [-0.4, -0.2) is 39.6 Å². The summed E-state index contributed by atoms with van der Waals surface area (Å²) in [5, 5.41) is 11.0. The van der Waals surface area contributed by atoms with Gasteiger partial charge in [0, 0.05) is 18.5 Å². The molecule has 0 aliphatic heterocycles. The fraction of sp³-hybridized carbons (Fsp3) is 0.385. The van der Waals surface area contributed by atoms with Gasteiger partial charge in [0.25, 0.3) is 5.91 Å². The zero-order chi connectivity index (χ0) is 14.5. The summed E-state index contributed by atoms with van der Waals surface area (Å²) in [6.07, 6.45) is 0. The Morgan fingerprint density at radius 2 is 2.20 bits per heavy atom. The van der Waals surface area contributed by atoms with E-state index in [0.29, 0.717) is 18.1 Å². The van der Waals surface area contributed by atoms with Crippen molar-refractivity contribution in [1.29, 1.82) is 0 Å². The summed E-state index contributed by atoms with van der Waals surface area (Å²) >= 11 is 1.55. The highest BCUT2D eigenvalue weighted by atomic mass is 32.1. The van der Waals surface area contributed by atoms with Crippen LogP contribution in [0.1, 0.15) is 28.0 Å². The summed E-state index contributed by atoms with van der Waals surface area (Å²) in [6, 6.07) is 3.44. The largest absolute Gasteiger partial charge is 0.369 e. The third kappa shape index (κ3) is 3.30. The lowest BCUT2D eigenvalue weighted by atomic mass is 10.3. The van der Waals surface area contributed by atoms with E-state index < -0.39 is 0 Å². The highest BCUT2D eigenvalue weighted by molar-refractivity contribution is 7.09. The van der Waals surface area contributed by atoms with E-state index >= 15 is 0 Å². The van der Waals surface area contributed by atoms with Crippen LogP contribution in [0.2, 0.25) is 0 Å². The number of nitrogens with one attached hydrogen (secondary N) is 1. The number of aromatic nitrogens is 3. The molecule has 0 aliphatic rings. The number of carbonyl (C=O) groups excluding carboxylic acids is 1. The molecule has 7 heteroatoms. The van der Waals surface area contributed by atoms with Gasteiger partial charge in [-0.05, 0) is 26.0 Å².